The summed E-state index contributed by atoms with van der Waals surface area (Å²) in [5, 5.41) is 0.703. The van der Waals surface area contributed by atoms with Gasteiger partial charge in [0, 0.05) is 25.3 Å². The van der Waals surface area contributed by atoms with Gasteiger partial charge in [-0.05, 0) is 31.4 Å². The molecule has 0 radical (unpaired) electrons. The van der Waals surface area contributed by atoms with Gasteiger partial charge in [-0.25, -0.2) is 4.98 Å². The molecule has 18 heavy (non-hydrogen) atoms. The SMILES string of the molecule is CCCCN(c1ncc(CN)cc1Cl)C(C)CC. The highest BCUT2D eigenvalue weighted by atomic mass is 35.5. The molecular weight excluding hydrogens is 246 g/mol. The molecule has 102 valence electrons. The molecule has 1 unspecified atom stereocenters. The average molecular weight is 270 g/mol. The summed E-state index contributed by atoms with van der Waals surface area (Å²) >= 11 is 6.32. The molecule has 0 aliphatic rings. The van der Waals surface area contributed by atoms with Crippen molar-refractivity contribution in [1.29, 1.82) is 0 Å². The van der Waals surface area contributed by atoms with Crippen LogP contribution in [0.1, 0.15) is 45.6 Å². The summed E-state index contributed by atoms with van der Waals surface area (Å²) in [6, 6.07) is 2.37. The first-order valence-electron chi connectivity index (χ1n) is 6.75. The quantitative estimate of drug-likeness (QED) is 0.822. The number of rotatable bonds is 7. The molecule has 1 aromatic rings. The third-order valence-electron chi connectivity index (χ3n) is 3.26. The second kappa shape index (κ2) is 7.59. The number of halogens is 1. The Balaban J connectivity index is 2.96. The summed E-state index contributed by atoms with van der Waals surface area (Å²) < 4.78 is 0. The van der Waals surface area contributed by atoms with Crippen LogP contribution in [0.2, 0.25) is 5.02 Å². The third kappa shape index (κ3) is 3.85. The van der Waals surface area contributed by atoms with Crippen LogP contribution >= 0.6 is 11.6 Å². The van der Waals surface area contributed by atoms with Gasteiger partial charge in [0.1, 0.15) is 5.82 Å². The highest BCUT2D eigenvalue weighted by Crippen LogP contribution is 2.26. The molecule has 0 saturated carbocycles. The van der Waals surface area contributed by atoms with Crippen molar-refractivity contribution >= 4 is 17.4 Å². The van der Waals surface area contributed by atoms with Crippen LogP contribution in [0.5, 0.6) is 0 Å². The Hall–Kier alpha value is -0.800. The first kappa shape index (κ1) is 15.3. The van der Waals surface area contributed by atoms with E-state index in [1.165, 1.54) is 6.42 Å². The lowest BCUT2D eigenvalue weighted by Gasteiger charge is -2.30. The zero-order valence-corrected chi connectivity index (χ0v) is 12.4. The van der Waals surface area contributed by atoms with Crippen LogP contribution in [0.4, 0.5) is 5.82 Å². The Morgan fingerprint density at radius 2 is 2.17 bits per heavy atom. The van der Waals surface area contributed by atoms with Crippen molar-refractivity contribution in [2.75, 3.05) is 11.4 Å². The number of unbranched alkanes of at least 4 members (excludes halogenated alkanes) is 1. The summed E-state index contributed by atoms with van der Waals surface area (Å²) in [6.45, 7) is 8.07. The summed E-state index contributed by atoms with van der Waals surface area (Å²) in [6.07, 6.45) is 5.23. The standard InChI is InChI=1S/C14H24ClN3/c1-4-6-7-18(11(3)5-2)14-13(15)8-12(9-16)10-17-14/h8,10-11H,4-7,9,16H2,1-3H3. The summed E-state index contributed by atoms with van der Waals surface area (Å²) in [4.78, 5) is 6.78. The summed E-state index contributed by atoms with van der Waals surface area (Å²) in [5.41, 5.74) is 6.57. The second-order valence-corrected chi connectivity index (χ2v) is 5.06. The van der Waals surface area contributed by atoms with E-state index in [0.29, 0.717) is 17.6 Å². The van der Waals surface area contributed by atoms with Gasteiger partial charge < -0.3 is 10.6 Å². The van der Waals surface area contributed by atoms with E-state index in [0.717, 1.165) is 30.8 Å². The van der Waals surface area contributed by atoms with E-state index in [4.69, 9.17) is 17.3 Å². The fourth-order valence-corrected chi connectivity index (χ4v) is 2.17. The smallest absolute Gasteiger partial charge is 0.147 e. The van der Waals surface area contributed by atoms with E-state index in [2.05, 4.69) is 30.7 Å². The van der Waals surface area contributed by atoms with Crippen molar-refractivity contribution < 1.29 is 0 Å². The van der Waals surface area contributed by atoms with E-state index in [1.54, 1.807) is 0 Å². The van der Waals surface area contributed by atoms with Gasteiger partial charge in [-0.1, -0.05) is 31.9 Å². The number of hydrogen-bond donors (Lipinski definition) is 1. The van der Waals surface area contributed by atoms with Crippen LogP contribution in [0, 0.1) is 0 Å². The van der Waals surface area contributed by atoms with E-state index in [-0.39, 0.29) is 0 Å². The largest absolute Gasteiger partial charge is 0.353 e. The van der Waals surface area contributed by atoms with Crippen molar-refractivity contribution in [3.63, 3.8) is 0 Å². The average Bonchev–Trinajstić information content (AvgIpc) is 2.39. The zero-order chi connectivity index (χ0) is 13.5. The Labute approximate surface area is 115 Å². The molecule has 1 aromatic heterocycles. The van der Waals surface area contributed by atoms with Gasteiger partial charge >= 0.3 is 0 Å². The minimum atomic E-state index is 0.449. The molecule has 4 heteroatoms. The van der Waals surface area contributed by atoms with Gasteiger partial charge in [-0.2, -0.15) is 0 Å². The number of nitrogens with zero attached hydrogens (tertiary/aromatic N) is 2. The van der Waals surface area contributed by atoms with Crippen LogP contribution < -0.4 is 10.6 Å². The summed E-state index contributed by atoms with van der Waals surface area (Å²) in [5.74, 6) is 0.886. The van der Waals surface area contributed by atoms with Crippen LogP contribution in [0.15, 0.2) is 12.3 Å². The second-order valence-electron chi connectivity index (χ2n) is 4.66. The number of anilines is 1. The van der Waals surface area contributed by atoms with Crippen LogP contribution in [0.25, 0.3) is 0 Å². The predicted molar refractivity (Wildman–Crippen MR) is 79.1 cm³/mol. The van der Waals surface area contributed by atoms with E-state index in [1.807, 2.05) is 12.3 Å². The molecule has 0 fully saturated rings. The normalized spacial score (nSPS) is 12.5. The van der Waals surface area contributed by atoms with Crippen molar-refractivity contribution in [2.45, 2.75) is 52.6 Å². The van der Waals surface area contributed by atoms with E-state index >= 15 is 0 Å². The number of nitrogens with two attached hydrogens (primary N) is 1. The maximum atomic E-state index is 6.32. The Morgan fingerprint density at radius 1 is 1.44 bits per heavy atom. The van der Waals surface area contributed by atoms with Crippen molar-refractivity contribution in [2.24, 2.45) is 5.73 Å². The van der Waals surface area contributed by atoms with Gasteiger partial charge in [0.25, 0.3) is 0 Å². The molecule has 0 aromatic carbocycles. The van der Waals surface area contributed by atoms with Crippen LogP contribution in [-0.2, 0) is 6.54 Å². The van der Waals surface area contributed by atoms with Crippen molar-refractivity contribution in [3.8, 4) is 0 Å². The van der Waals surface area contributed by atoms with E-state index < -0.39 is 0 Å². The maximum Gasteiger partial charge on any atom is 0.147 e. The van der Waals surface area contributed by atoms with Gasteiger partial charge in [0.2, 0.25) is 0 Å². The Morgan fingerprint density at radius 3 is 2.67 bits per heavy atom. The first-order chi connectivity index (χ1) is 8.63. The molecule has 1 heterocycles. The topological polar surface area (TPSA) is 42.2 Å². The molecule has 0 aliphatic carbocycles. The molecule has 0 aliphatic heterocycles. The molecular formula is C14H24ClN3. The fraction of sp³-hybridized carbons (Fsp3) is 0.643. The highest BCUT2D eigenvalue weighted by molar-refractivity contribution is 6.33. The molecule has 3 nitrogen and oxygen atoms in total. The highest BCUT2D eigenvalue weighted by Gasteiger charge is 2.16. The molecule has 1 atom stereocenters. The number of hydrogen-bond acceptors (Lipinski definition) is 3. The maximum absolute atomic E-state index is 6.32. The Kier molecular flexibility index (Phi) is 6.44. The molecule has 1 rings (SSSR count). The number of pyridine rings is 1. The van der Waals surface area contributed by atoms with Gasteiger partial charge in [-0.3, -0.25) is 0 Å². The first-order valence-corrected chi connectivity index (χ1v) is 7.12. The lowest BCUT2D eigenvalue weighted by atomic mass is 10.2. The molecule has 0 amide bonds. The van der Waals surface area contributed by atoms with Gasteiger partial charge in [0.15, 0.2) is 0 Å². The molecule has 0 saturated heterocycles. The fourth-order valence-electron chi connectivity index (χ4n) is 1.88. The van der Waals surface area contributed by atoms with Gasteiger partial charge in [-0.15, -0.1) is 0 Å². The Bertz CT molecular complexity index is 368. The summed E-state index contributed by atoms with van der Waals surface area (Å²) in [7, 11) is 0. The van der Waals surface area contributed by atoms with Crippen LogP contribution in [0.3, 0.4) is 0 Å². The van der Waals surface area contributed by atoms with Crippen LogP contribution in [-0.4, -0.2) is 17.6 Å². The molecule has 0 spiro atoms. The molecule has 0 bridgehead atoms. The monoisotopic (exact) mass is 269 g/mol. The minimum absolute atomic E-state index is 0.449. The van der Waals surface area contributed by atoms with E-state index in [9.17, 15) is 0 Å². The minimum Gasteiger partial charge on any atom is -0.353 e. The van der Waals surface area contributed by atoms with Gasteiger partial charge in [0.05, 0.1) is 5.02 Å². The zero-order valence-electron chi connectivity index (χ0n) is 11.6. The molecule has 2 N–H and O–H groups in total. The van der Waals surface area contributed by atoms with Crippen molar-refractivity contribution in [1.82, 2.24) is 4.98 Å². The van der Waals surface area contributed by atoms with Crippen molar-refractivity contribution in [3.05, 3.63) is 22.8 Å². The lowest BCUT2D eigenvalue weighted by molar-refractivity contribution is 0.589. The predicted octanol–water partition coefficient (Wildman–Crippen LogP) is 3.60. The lowest BCUT2D eigenvalue weighted by Crippen LogP contribution is -2.34. The number of aromatic nitrogens is 1. The third-order valence-corrected chi connectivity index (χ3v) is 3.54.